The first kappa shape index (κ1) is 47.9. The molecule has 0 bridgehead atoms. The lowest BCUT2D eigenvalue weighted by Gasteiger charge is -2.35. The molecule has 0 amide bonds. The predicted octanol–water partition coefficient (Wildman–Crippen LogP) is 7.33. The highest BCUT2D eigenvalue weighted by molar-refractivity contribution is 9.10. The van der Waals surface area contributed by atoms with E-state index >= 15 is 0 Å². The third kappa shape index (κ3) is 12.9. The summed E-state index contributed by atoms with van der Waals surface area (Å²) in [5, 5.41) is 8.86. The summed E-state index contributed by atoms with van der Waals surface area (Å²) >= 11 is 7.56. The molecule has 0 fully saturated rings. The average molecular weight is 945 g/mol. The fourth-order valence-corrected chi connectivity index (χ4v) is 7.73. The van der Waals surface area contributed by atoms with Crippen LogP contribution in [0.2, 0.25) is 0 Å². The van der Waals surface area contributed by atoms with E-state index in [1.165, 1.54) is 0 Å². The Hall–Kier alpha value is -3.79. The molecule has 0 aromatic heterocycles. The molecule has 1 aliphatic carbocycles. The van der Waals surface area contributed by atoms with Crippen LogP contribution in [-0.4, -0.2) is 110 Å². The quantitative estimate of drug-likeness (QED) is 0.0462. The maximum Gasteiger partial charge on any atom is 0.373 e. The van der Waals surface area contributed by atoms with Crippen LogP contribution in [0.15, 0.2) is 81.7 Å². The zero-order chi connectivity index (χ0) is 42.5. The number of benzene rings is 4. The van der Waals surface area contributed by atoms with Gasteiger partial charge in [0.1, 0.15) is 17.9 Å². The number of aliphatic hydroxyl groups excluding tert-OH is 1. The largest absolute Gasteiger partial charge is 0.490 e. The third-order valence-corrected chi connectivity index (χ3v) is 10.5. The van der Waals surface area contributed by atoms with Crippen LogP contribution in [0, 0.1) is 0 Å². The fraction of sp³-hybridized carbons (Fsp3) is 0.422. The van der Waals surface area contributed by atoms with Crippen LogP contribution < -0.4 is 4.74 Å². The van der Waals surface area contributed by atoms with Crippen LogP contribution in [0.1, 0.15) is 57.6 Å². The van der Waals surface area contributed by atoms with E-state index in [2.05, 4.69) is 99.4 Å². The zero-order valence-corrected chi connectivity index (χ0v) is 36.9. The van der Waals surface area contributed by atoms with E-state index in [4.69, 9.17) is 52.6 Å². The molecule has 0 aliphatic heterocycles. The van der Waals surface area contributed by atoms with Crippen molar-refractivity contribution in [1.82, 2.24) is 0 Å². The minimum Gasteiger partial charge on any atom is -0.490 e. The summed E-state index contributed by atoms with van der Waals surface area (Å²) in [5.41, 5.74) is 8.17. The Kier molecular flexibility index (Phi) is 20.9. The molecule has 14 heteroatoms. The van der Waals surface area contributed by atoms with E-state index in [9.17, 15) is 4.79 Å². The molecular weight excluding hydrogens is 892 g/mol. The summed E-state index contributed by atoms with van der Waals surface area (Å²) < 4.78 is 46.8. The lowest BCUT2D eigenvalue weighted by Crippen LogP contribution is -2.29. The smallest absolute Gasteiger partial charge is 0.373 e. The molecule has 4 aromatic carbocycles. The number of carbonyl (C=O) groups is 1. The van der Waals surface area contributed by atoms with E-state index in [1.54, 1.807) is 14.0 Å². The number of aliphatic hydroxyl groups is 1. The van der Waals surface area contributed by atoms with Crippen LogP contribution in [-0.2, 0) is 61.2 Å². The molecule has 0 atom stereocenters. The second kappa shape index (κ2) is 25.7. The first-order chi connectivity index (χ1) is 28.8. The second-order valence-corrected chi connectivity index (χ2v) is 14.9. The van der Waals surface area contributed by atoms with Crippen molar-refractivity contribution in [3.63, 3.8) is 0 Å². The molecule has 5 rings (SSSR count). The first-order valence-corrected chi connectivity index (χ1v) is 21.0. The van der Waals surface area contributed by atoms with E-state index in [0.29, 0.717) is 84.0 Å². The van der Waals surface area contributed by atoms with Crippen molar-refractivity contribution in [2.45, 2.75) is 32.3 Å². The van der Waals surface area contributed by atoms with Crippen molar-refractivity contribution in [3.05, 3.63) is 121 Å². The zero-order valence-electron chi connectivity index (χ0n) is 33.7. The van der Waals surface area contributed by atoms with Gasteiger partial charge in [-0.2, -0.15) is 9.59 Å². The maximum absolute atomic E-state index is 13.7. The van der Waals surface area contributed by atoms with Gasteiger partial charge in [-0.3, -0.25) is 0 Å². The monoisotopic (exact) mass is 942 g/mol. The van der Waals surface area contributed by atoms with E-state index in [1.807, 2.05) is 12.1 Å². The van der Waals surface area contributed by atoms with Crippen LogP contribution in [0.25, 0.3) is 11.1 Å². The number of rotatable bonds is 25. The minimum absolute atomic E-state index is 0.00296. The van der Waals surface area contributed by atoms with Gasteiger partial charge in [-0.05, 0) is 94.3 Å². The molecule has 0 unspecified atom stereocenters. The molecule has 0 spiro atoms. The van der Waals surface area contributed by atoms with Gasteiger partial charge in [-0.25, -0.2) is 4.79 Å². The van der Waals surface area contributed by atoms with Crippen molar-refractivity contribution in [3.8, 4) is 16.9 Å². The topological polar surface area (TPSA) is 145 Å². The standard InChI is InChI=1S/C44H52Br2O10.CO2/c1-4-31-26-33(7-6-32(31)30-54-23-22-52-19-18-50-15-14-47)44(40-28-35(45)9-11-37(40)38-12-10-36(46)29-41(38)44)34-8-13-42(39(27-34)43(48)55-5-2)56-25-24-53-21-20-51-17-16-49-3;2-1-3/h6-13,26-29,47H,4-5,14-25,30H2,1-3H3;. The average Bonchev–Trinajstić information content (AvgIpc) is 3.51. The summed E-state index contributed by atoms with van der Waals surface area (Å²) in [7, 11) is 1.64. The number of ether oxygens (including phenoxy) is 8. The Balaban J connectivity index is 0.00000248. The lowest BCUT2D eigenvalue weighted by atomic mass is 9.67. The third-order valence-electron chi connectivity index (χ3n) is 9.52. The number of halogens is 2. The number of carbonyl (C=O) groups excluding carboxylic acids is 3. The second-order valence-electron chi connectivity index (χ2n) is 13.0. The Morgan fingerprint density at radius 2 is 1.17 bits per heavy atom. The first-order valence-electron chi connectivity index (χ1n) is 19.4. The summed E-state index contributed by atoms with van der Waals surface area (Å²) in [6.07, 6.45) is 1.04. The van der Waals surface area contributed by atoms with Gasteiger partial charge in [0.15, 0.2) is 0 Å². The van der Waals surface area contributed by atoms with E-state index < -0.39 is 11.4 Å². The maximum atomic E-state index is 13.7. The van der Waals surface area contributed by atoms with Gasteiger partial charge < -0.3 is 43.0 Å². The van der Waals surface area contributed by atoms with Gasteiger partial charge in [0.25, 0.3) is 0 Å². The Morgan fingerprint density at radius 3 is 1.73 bits per heavy atom. The van der Waals surface area contributed by atoms with E-state index in [0.717, 1.165) is 59.9 Å². The summed E-state index contributed by atoms with van der Waals surface area (Å²) in [4.78, 5) is 29.9. The highest BCUT2D eigenvalue weighted by Crippen LogP contribution is 2.57. The summed E-state index contributed by atoms with van der Waals surface area (Å²) in [6.45, 7) is 9.17. The van der Waals surface area contributed by atoms with Crippen molar-refractivity contribution < 1.29 is 57.4 Å². The Labute approximate surface area is 362 Å². The number of esters is 1. The Bertz CT molecular complexity index is 1910. The van der Waals surface area contributed by atoms with E-state index in [-0.39, 0.29) is 26.0 Å². The number of hydrogen-bond acceptors (Lipinski definition) is 12. The van der Waals surface area contributed by atoms with Crippen molar-refractivity contribution in [2.75, 3.05) is 93.0 Å². The van der Waals surface area contributed by atoms with Gasteiger partial charge in [0, 0.05) is 16.1 Å². The van der Waals surface area contributed by atoms with Crippen molar-refractivity contribution in [2.24, 2.45) is 0 Å². The molecular formula is C45H52Br2O12. The van der Waals surface area contributed by atoms with Gasteiger partial charge in [-0.1, -0.05) is 75.2 Å². The van der Waals surface area contributed by atoms with Crippen molar-refractivity contribution >= 4 is 44.0 Å². The minimum atomic E-state index is -0.806. The van der Waals surface area contributed by atoms with Gasteiger partial charge in [0.05, 0.1) is 91.3 Å². The molecule has 1 N–H and O–H groups in total. The lowest BCUT2D eigenvalue weighted by molar-refractivity contribution is -0.191. The molecule has 0 radical (unpaired) electrons. The molecule has 0 saturated heterocycles. The molecule has 0 heterocycles. The number of hydrogen-bond donors (Lipinski definition) is 1. The number of methoxy groups -OCH3 is 1. The number of aryl methyl sites for hydroxylation is 1. The highest BCUT2D eigenvalue weighted by Gasteiger charge is 2.47. The molecule has 1 aliphatic rings. The summed E-state index contributed by atoms with van der Waals surface area (Å²) in [5.74, 6) is -0.0371. The van der Waals surface area contributed by atoms with Crippen molar-refractivity contribution in [1.29, 1.82) is 0 Å². The van der Waals surface area contributed by atoms with Crippen LogP contribution in [0.3, 0.4) is 0 Å². The number of fused-ring (bicyclic) bond motifs is 3. The van der Waals surface area contributed by atoms with Crippen LogP contribution in [0.4, 0.5) is 0 Å². The van der Waals surface area contributed by atoms with Gasteiger partial charge in [-0.15, -0.1) is 0 Å². The van der Waals surface area contributed by atoms with Gasteiger partial charge in [0.2, 0.25) is 0 Å². The van der Waals surface area contributed by atoms with Crippen LogP contribution in [0.5, 0.6) is 5.75 Å². The fourth-order valence-electron chi connectivity index (χ4n) is 7.00. The predicted molar refractivity (Wildman–Crippen MR) is 227 cm³/mol. The molecule has 59 heavy (non-hydrogen) atoms. The normalized spacial score (nSPS) is 12.2. The van der Waals surface area contributed by atoms with Gasteiger partial charge >= 0.3 is 12.1 Å². The SMILES string of the molecule is CCOC(=O)c1cc(C2(c3ccc(COCCOCCOCCO)c(CC)c3)c3cc(Br)ccc3-c3ccc(Br)cc32)ccc1OCCOCCOCCOC.O=C=O. The highest BCUT2D eigenvalue weighted by atomic mass is 79.9. The molecule has 4 aromatic rings. The molecule has 12 nitrogen and oxygen atoms in total. The molecule has 0 saturated carbocycles. The molecule has 318 valence electrons. The Morgan fingerprint density at radius 1 is 0.644 bits per heavy atom. The summed E-state index contributed by atoms with van der Waals surface area (Å²) in [6, 6.07) is 25.3. The van der Waals surface area contributed by atoms with Crippen LogP contribution >= 0.6 is 31.9 Å².